The van der Waals surface area contributed by atoms with Gasteiger partial charge < -0.3 is 9.47 Å². The van der Waals surface area contributed by atoms with Gasteiger partial charge in [-0.05, 0) is 68.8 Å². The largest absolute Gasteiger partial charge is 0.492 e. The van der Waals surface area contributed by atoms with Crippen molar-refractivity contribution in [3.05, 3.63) is 88.3 Å². The highest BCUT2D eigenvalue weighted by Gasteiger charge is 2.23. The summed E-state index contributed by atoms with van der Waals surface area (Å²) in [6.45, 7) is 7.45. The van der Waals surface area contributed by atoms with Gasteiger partial charge in [-0.1, -0.05) is 19.1 Å². The molecule has 1 fully saturated rings. The first-order chi connectivity index (χ1) is 15.6. The molecule has 1 aliphatic heterocycles. The Hall–Kier alpha value is -3.12. The summed E-state index contributed by atoms with van der Waals surface area (Å²) in [6, 6.07) is 7.74. The smallest absolute Gasteiger partial charge is 0.258 e. The lowest BCUT2D eigenvalue weighted by atomic mass is 10.2. The molecule has 3 heterocycles. The van der Waals surface area contributed by atoms with Crippen molar-refractivity contribution >= 4 is 5.70 Å². The molecule has 1 aliphatic carbocycles. The number of rotatable bonds is 8. The maximum atomic E-state index is 12.7. The fraction of sp³-hybridized carbons (Fsp3) is 0.385. The number of ether oxygens (including phenoxy) is 2. The van der Waals surface area contributed by atoms with Gasteiger partial charge in [-0.2, -0.15) is 0 Å². The Kier molecular flexibility index (Phi) is 7.22. The molecular weight excluding hydrogens is 402 g/mol. The molecule has 6 heteroatoms. The molecule has 4 rings (SSSR count). The third-order valence-corrected chi connectivity index (χ3v) is 5.96. The highest BCUT2D eigenvalue weighted by Crippen LogP contribution is 2.20. The van der Waals surface area contributed by atoms with Crippen molar-refractivity contribution in [2.45, 2.75) is 45.8 Å². The van der Waals surface area contributed by atoms with Gasteiger partial charge in [0.25, 0.3) is 5.56 Å². The van der Waals surface area contributed by atoms with E-state index >= 15 is 0 Å². The number of allylic oxidation sites excluding steroid dienone is 5. The lowest BCUT2D eigenvalue weighted by Gasteiger charge is -2.22. The van der Waals surface area contributed by atoms with Gasteiger partial charge in [0.1, 0.15) is 24.7 Å². The minimum absolute atomic E-state index is 0.124. The Morgan fingerprint density at radius 3 is 2.88 bits per heavy atom. The van der Waals surface area contributed by atoms with Crippen molar-refractivity contribution in [3.8, 4) is 5.75 Å². The van der Waals surface area contributed by atoms with Crippen LogP contribution in [0.4, 0.5) is 0 Å². The van der Waals surface area contributed by atoms with Gasteiger partial charge in [0, 0.05) is 36.6 Å². The van der Waals surface area contributed by atoms with E-state index in [4.69, 9.17) is 9.47 Å². The summed E-state index contributed by atoms with van der Waals surface area (Å²) in [5.74, 6) is 1.37. The number of hydrogen-bond donors (Lipinski definition) is 0. The van der Waals surface area contributed by atoms with Crippen LogP contribution >= 0.6 is 0 Å². The zero-order chi connectivity index (χ0) is 22.3. The van der Waals surface area contributed by atoms with Gasteiger partial charge in [0.15, 0.2) is 0 Å². The predicted molar refractivity (Wildman–Crippen MR) is 126 cm³/mol. The SMILES string of the molecule is CCN1CCCC1COC1=CC=C(n2ccc(OCc3ccc(C)cn3)cc2=O)CC=C1. The van der Waals surface area contributed by atoms with Crippen molar-refractivity contribution in [1.82, 2.24) is 14.5 Å². The topological polar surface area (TPSA) is 56.6 Å². The van der Waals surface area contributed by atoms with Crippen molar-refractivity contribution in [1.29, 1.82) is 0 Å². The summed E-state index contributed by atoms with van der Waals surface area (Å²) in [7, 11) is 0. The normalized spacial score (nSPS) is 18.8. The summed E-state index contributed by atoms with van der Waals surface area (Å²) in [5, 5.41) is 0. The number of aromatic nitrogens is 2. The maximum Gasteiger partial charge on any atom is 0.258 e. The van der Waals surface area contributed by atoms with E-state index in [1.165, 1.54) is 18.9 Å². The molecule has 0 amide bonds. The average molecular weight is 434 g/mol. The first-order valence-electron chi connectivity index (χ1n) is 11.3. The minimum Gasteiger partial charge on any atom is -0.492 e. The lowest BCUT2D eigenvalue weighted by Crippen LogP contribution is -2.32. The highest BCUT2D eigenvalue weighted by molar-refractivity contribution is 5.53. The summed E-state index contributed by atoms with van der Waals surface area (Å²) in [4.78, 5) is 19.5. The number of likely N-dealkylation sites (N-methyl/N-ethyl adjacent to an activating group) is 1. The Morgan fingerprint density at radius 2 is 2.09 bits per heavy atom. The zero-order valence-corrected chi connectivity index (χ0v) is 18.9. The number of aryl methyl sites for hydroxylation is 1. The highest BCUT2D eigenvalue weighted by atomic mass is 16.5. The summed E-state index contributed by atoms with van der Waals surface area (Å²) < 4.78 is 13.5. The van der Waals surface area contributed by atoms with E-state index in [-0.39, 0.29) is 5.56 Å². The van der Waals surface area contributed by atoms with Gasteiger partial charge in [-0.3, -0.25) is 19.2 Å². The van der Waals surface area contributed by atoms with Gasteiger partial charge >= 0.3 is 0 Å². The molecule has 2 aromatic heterocycles. The summed E-state index contributed by atoms with van der Waals surface area (Å²) >= 11 is 0. The van der Waals surface area contributed by atoms with Crippen LogP contribution in [0, 0.1) is 6.92 Å². The fourth-order valence-electron chi connectivity index (χ4n) is 4.09. The first kappa shape index (κ1) is 22.1. The average Bonchev–Trinajstić information content (AvgIpc) is 3.14. The predicted octanol–water partition coefficient (Wildman–Crippen LogP) is 4.32. The van der Waals surface area contributed by atoms with E-state index in [2.05, 4.69) is 16.8 Å². The molecule has 0 radical (unpaired) electrons. The van der Waals surface area contributed by atoms with Crippen LogP contribution in [-0.2, 0) is 11.3 Å². The van der Waals surface area contributed by atoms with E-state index in [9.17, 15) is 4.79 Å². The monoisotopic (exact) mass is 433 g/mol. The van der Waals surface area contributed by atoms with Gasteiger partial charge in [-0.25, -0.2) is 0 Å². The molecule has 32 heavy (non-hydrogen) atoms. The van der Waals surface area contributed by atoms with Crippen molar-refractivity contribution in [2.24, 2.45) is 0 Å². The van der Waals surface area contributed by atoms with Gasteiger partial charge in [-0.15, -0.1) is 0 Å². The fourth-order valence-corrected chi connectivity index (χ4v) is 4.09. The van der Waals surface area contributed by atoms with Crippen LogP contribution in [0.25, 0.3) is 5.70 Å². The number of likely N-dealkylation sites (tertiary alicyclic amines) is 1. The zero-order valence-electron chi connectivity index (χ0n) is 18.9. The lowest BCUT2D eigenvalue weighted by molar-refractivity contribution is 0.134. The molecule has 0 saturated carbocycles. The summed E-state index contributed by atoms with van der Waals surface area (Å²) in [6.07, 6.45) is 14.6. The van der Waals surface area contributed by atoms with Crippen LogP contribution in [-0.4, -0.2) is 40.2 Å². The molecule has 0 spiro atoms. The van der Waals surface area contributed by atoms with E-state index in [1.807, 2.05) is 55.6 Å². The molecule has 0 bridgehead atoms. The second-order valence-corrected chi connectivity index (χ2v) is 8.26. The van der Waals surface area contributed by atoms with E-state index in [0.29, 0.717) is 31.4 Å². The number of hydrogen-bond acceptors (Lipinski definition) is 5. The standard InChI is InChI=1S/C26H31N3O3/c1-3-28-14-5-7-23(28)19-32-24-8-4-6-22(11-12-24)29-15-13-25(16-26(29)30)31-18-21-10-9-20(2)17-27-21/h4,8-13,15-17,23H,3,5-7,14,18-19H2,1-2H3. The van der Waals surface area contributed by atoms with Crippen molar-refractivity contribution in [3.63, 3.8) is 0 Å². The van der Waals surface area contributed by atoms with Crippen LogP contribution in [0.3, 0.4) is 0 Å². The van der Waals surface area contributed by atoms with Crippen molar-refractivity contribution in [2.75, 3.05) is 19.7 Å². The molecule has 0 aromatic carbocycles. The van der Waals surface area contributed by atoms with Gasteiger partial charge in [0.05, 0.1) is 5.69 Å². The maximum absolute atomic E-state index is 12.7. The molecular formula is C26H31N3O3. The minimum atomic E-state index is -0.124. The molecule has 0 N–H and O–H groups in total. The third kappa shape index (κ3) is 5.56. The molecule has 2 aliphatic rings. The molecule has 2 aromatic rings. The quantitative estimate of drug-likeness (QED) is 0.621. The van der Waals surface area contributed by atoms with Crippen LogP contribution in [0.2, 0.25) is 0 Å². The Bertz CT molecular complexity index is 1070. The van der Waals surface area contributed by atoms with E-state index < -0.39 is 0 Å². The molecule has 1 unspecified atom stereocenters. The molecule has 6 nitrogen and oxygen atoms in total. The molecule has 1 saturated heterocycles. The van der Waals surface area contributed by atoms with Crippen LogP contribution in [0.15, 0.2) is 71.5 Å². The Labute approximate surface area is 189 Å². The first-order valence-corrected chi connectivity index (χ1v) is 11.3. The Balaban J connectivity index is 1.38. The second kappa shape index (κ2) is 10.5. The van der Waals surface area contributed by atoms with Crippen LogP contribution < -0.4 is 10.3 Å². The van der Waals surface area contributed by atoms with Gasteiger partial charge in [0.2, 0.25) is 0 Å². The summed E-state index contributed by atoms with van der Waals surface area (Å²) in [5.41, 5.74) is 2.70. The van der Waals surface area contributed by atoms with E-state index in [0.717, 1.165) is 35.8 Å². The van der Waals surface area contributed by atoms with E-state index in [1.54, 1.807) is 10.8 Å². The van der Waals surface area contributed by atoms with Crippen LogP contribution in [0.5, 0.6) is 5.75 Å². The Morgan fingerprint density at radius 1 is 1.19 bits per heavy atom. The molecule has 168 valence electrons. The molecule has 1 atom stereocenters. The van der Waals surface area contributed by atoms with Crippen LogP contribution in [0.1, 0.15) is 37.4 Å². The van der Waals surface area contributed by atoms with Crippen molar-refractivity contribution < 1.29 is 9.47 Å². The number of nitrogens with zero attached hydrogens (tertiary/aromatic N) is 3. The third-order valence-electron chi connectivity index (χ3n) is 5.96. The number of pyridine rings is 2. The second-order valence-electron chi connectivity index (χ2n) is 8.26.